The summed E-state index contributed by atoms with van der Waals surface area (Å²) in [6.45, 7) is 9.08. The lowest BCUT2D eigenvalue weighted by atomic mass is 9.85. The lowest BCUT2D eigenvalue weighted by Gasteiger charge is -2.24. The number of carbonyl (C=O) groups is 3. The van der Waals surface area contributed by atoms with E-state index in [1.807, 2.05) is 27.7 Å². The second-order valence-corrected chi connectivity index (χ2v) is 10.6. The van der Waals surface area contributed by atoms with E-state index >= 15 is 0 Å². The molecule has 0 saturated carbocycles. The Morgan fingerprint density at radius 3 is 2.20 bits per heavy atom. The van der Waals surface area contributed by atoms with Crippen LogP contribution in [0.1, 0.15) is 53.0 Å². The molecule has 0 unspecified atom stereocenters. The second kappa shape index (κ2) is 15.9. The average Bonchev–Trinajstić information content (AvgIpc) is 2.87. The fourth-order valence-corrected chi connectivity index (χ4v) is 3.65. The average molecular weight is 599 g/mol. The lowest BCUT2D eigenvalue weighted by molar-refractivity contribution is -0.137. The molecule has 0 aliphatic heterocycles. The van der Waals surface area contributed by atoms with E-state index in [4.69, 9.17) is 16.3 Å². The maximum absolute atomic E-state index is 12.6. The summed E-state index contributed by atoms with van der Waals surface area (Å²) >= 11 is 6.04. The number of rotatable bonds is 11. The van der Waals surface area contributed by atoms with Crippen molar-refractivity contribution in [2.24, 2.45) is 5.41 Å². The minimum absolute atomic E-state index is 0.0619. The van der Waals surface area contributed by atoms with E-state index in [9.17, 15) is 27.6 Å². The third-order valence-corrected chi connectivity index (χ3v) is 5.74. The fraction of sp³-hybridized carbons (Fsp3) is 0.414. The standard InChI is InChI=1S/C21H30ClN3O4.C8H8F3N/c1-13(2)29-18-8-7-15(22)9-16(18)24-19(27)10-21(4,5)11-20(28)25-17(12-26)14(3)23-6;1-12-7-4-2-3-6(5-7)8(9,10)11/h7-9,12-13,23H,10-11H2,1-6H3,(H,24,27)(H,25,28);2-5,12H,1H3/b17-14+;. The van der Waals surface area contributed by atoms with Gasteiger partial charge in [0, 0.05) is 43.3 Å². The molecule has 4 N–H and O–H groups in total. The molecule has 2 amide bonds. The van der Waals surface area contributed by atoms with Gasteiger partial charge in [-0.25, -0.2) is 0 Å². The number of amides is 2. The van der Waals surface area contributed by atoms with Gasteiger partial charge in [-0.2, -0.15) is 13.2 Å². The van der Waals surface area contributed by atoms with Crippen LogP contribution < -0.4 is 26.0 Å². The number of ether oxygens (including phenoxy) is 1. The maximum atomic E-state index is 12.6. The topological polar surface area (TPSA) is 109 Å². The number of nitrogens with one attached hydrogen (secondary N) is 4. The van der Waals surface area contributed by atoms with Gasteiger partial charge in [0.15, 0.2) is 6.29 Å². The summed E-state index contributed by atoms with van der Waals surface area (Å²) < 4.78 is 41.9. The highest BCUT2D eigenvalue weighted by atomic mass is 35.5. The van der Waals surface area contributed by atoms with Crippen molar-refractivity contribution in [2.75, 3.05) is 24.7 Å². The number of aldehydes is 1. The molecule has 8 nitrogen and oxygen atoms in total. The molecule has 0 aromatic heterocycles. The second-order valence-electron chi connectivity index (χ2n) is 10.2. The molecule has 0 fully saturated rings. The normalized spacial score (nSPS) is 11.9. The number of alkyl halides is 3. The van der Waals surface area contributed by atoms with E-state index in [0.29, 0.717) is 34.1 Å². The van der Waals surface area contributed by atoms with Crippen LogP contribution in [0.2, 0.25) is 5.02 Å². The van der Waals surface area contributed by atoms with Crippen molar-refractivity contribution in [3.05, 3.63) is 64.4 Å². The SMILES string of the molecule is CN/C(C)=C(\C=O)NC(=O)CC(C)(C)CC(=O)Nc1cc(Cl)ccc1OC(C)C.CNc1cccc(C(F)(F)F)c1. The quantitative estimate of drug-likeness (QED) is 0.176. The number of carbonyl (C=O) groups excluding carboxylic acids is 3. The van der Waals surface area contributed by atoms with E-state index in [0.717, 1.165) is 12.1 Å². The molecule has 41 heavy (non-hydrogen) atoms. The number of hydrogen-bond donors (Lipinski definition) is 4. The van der Waals surface area contributed by atoms with Crippen molar-refractivity contribution in [3.8, 4) is 5.75 Å². The van der Waals surface area contributed by atoms with Crippen molar-refractivity contribution in [1.82, 2.24) is 10.6 Å². The number of hydrogen-bond acceptors (Lipinski definition) is 6. The molecule has 0 aliphatic rings. The van der Waals surface area contributed by atoms with Crippen LogP contribution in [-0.2, 0) is 20.6 Å². The van der Waals surface area contributed by atoms with Gasteiger partial charge >= 0.3 is 6.18 Å². The summed E-state index contributed by atoms with van der Waals surface area (Å²) in [5, 5.41) is 11.3. The van der Waals surface area contributed by atoms with Crippen LogP contribution in [0.5, 0.6) is 5.75 Å². The molecule has 0 spiro atoms. The fourth-order valence-electron chi connectivity index (χ4n) is 3.47. The van der Waals surface area contributed by atoms with Crippen LogP contribution in [0.25, 0.3) is 0 Å². The molecular formula is C29H38ClF3N4O4. The van der Waals surface area contributed by atoms with Crippen LogP contribution in [0.15, 0.2) is 53.9 Å². The Bertz CT molecular complexity index is 1230. The number of anilines is 2. The summed E-state index contributed by atoms with van der Waals surface area (Å²) in [7, 11) is 3.24. The molecule has 0 atom stereocenters. The molecule has 2 rings (SSSR count). The molecule has 0 aliphatic carbocycles. The van der Waals surface area contributed by atoms with E-state index in [2.05, 4.69) is 21.3 Å². The summed E-state index contributed by atoms with van der Waals surface area (Å²) in [5.41, 5.74) is 0.411. The van der Waals surface area contributed by atoms with E-state index in [1.54, 1.807) is 45.3 Å². The largest absolute Gasteiger partial charge is 0.489 e. The van der Waals surface area contributed by atoms with Crippen LogP contribution in [0, 0.1) is 5.41 Å². The first-order valence-electron chi connectivity index (χ1n) is 12.8. The van der Waals surface area contributed by atoms with Gasteiger partial charge < -0.3 is 26.0 Å². The Morgan fingerprint density at radius 2 is 1.66 bits per heavy atom. The van der Waals surface area contributed by atoms with Crippen molar-refractivity contribution >= 4 is 41.1 Å². The minimum atomic E-state index is -4.26. The first kappa shape index (κ1) is 35.3. The van der Waals surface area contributed by atoms with Crippen molar-refractivity contribution in [2.45, 2.75) is 59.7 Å². The van der Waals surface area contributed by atoms with E-state index < -0.39 is 17.2 Å². The van der Waals surface area contributed by atoms with Gasteiger partial charge in [-0.1, -0.05) is 31.5 Å². The zero-order chi connectivity index (χ0) is 31.4. The predicted molar refractivity (Wildman–Crippen MR) is 156 cm³/mol. The number of benzene rings is 2. The summed E-state index contributed by atoms with van der Waals surface area (Å²) in [5.74, 6) is -0.0843. The maximum Gasteiger partial charge on any atom is 0.416 e. The van der Waals surface area contributed by atoms with Gasteiger partial charge in [0.25, 0.3) is 0 Å². The van der Waals surface area contributed by atoms with Crippen LogP contribution in [-0.4, -0.2) is 38.3 Å². The van der Waals surface area contributed by atoms with Crippen LogP contribution >= 0.6 is 11.6 Å². The lowest BCUT2D eigenvalue weighted by Crippen LogP contribution is -2.32. The summed E-state index contributed by atoms with van der Waals surface area (Å²) in [6, 6.07) is 10.1. The minimum Gasteiger partial charge on any atom is -0.489 e. The summed E-state index contributed by atoms with van der Waals surface area (Å²) in [6.07, 6.45) is -3.57. The molecule has 2 aromatic rings. The first-order chi connectivity index (χ1) is 19.0. The molecular weight excluding hydrogens is 561 g/mol. The molecule has 12 heteroatoms. The highest BCUT2D eigenvalue weighted by molar-refractivity contribution is 6.31. The first-order valence-corrected chi connectivity index (χ1v) is 13.1. The molecule has 0 bridgehead atoms. The Balaban J connectivity index is 0.000000580. The van der Waals surface area contributed by atoms with Crippen molar-refractivity contribution in [3.63, 3.8) is 0 Å². The van der Waals surface area contributed by atoms with Gasteiger partial charge in [-0.15, -0.1) is 0 Å². The number of allylic oxidation sites excluding steroid dienone is 2. The van der Waals surface area contributed by atoms with E-state index in [1.165, 1.54) is 6.07 Å². The third-order valence-electron chi connectivity index (χ3n) is 5.51. The monoisotopic (exact) mass is 598 g/mol. The Hall–Kier alpha value is -3.73. The Morgan fingerprint density at radius 1 is 1.02 bits per heavy atom. The van der Waals surface area contributed by atoms with Crippen molar-refractivity contribution < 1.29 is 32.3 Å². The summed E-state index contributed by atoms with van der Waals surface area (Å²) in [4.78, 5) is 36.0. The van der Waals surface area contributed by atoms with Crippen LogP contribution in [0.3, 0.4) is 0 Å². The van der Waals surface area contributed by atoms with Gasteiger partial charge in [-0.3, -0.25) is 14.4 Å². The zero-order valence-corrected chi connectivity index (χ0v) is 25.0. The number of halogens is 4. The van der Waals surface area contributed by atoms with Gasteiger partial charge in [0.2, 0.25) is 11.8 Å². The molecule has 0 heterocycles. The molecule has 0 saturated heterocycles. The molecule has 226 valence electrons. The predicted octanol–water partition coefficient (Wildman–Crippen LogP) is 6.39. The smallest absolute Gasteiger partial charge is 0.416 e. The van der Waals surface area contributed by atoms with Crippen molar-refractivity contribution in [1.29, 1.82) is 0 Å². The van der Waals surface area contributed by atoms with Crippen LogP contribution in [0.4, 0.5) is 24.5 Å². The zero-order valence-electron chi connectivity index (χ0n) is 24.3. The molecule has 2 aromatic carbocycles. The highest BCUT2D eigenvalue weighted by Gasteiger charge is 2.30. The van der Waals surface area contributed by atoms with Gasteiger partial charge in [0.1, 0.15) is 5.75 Å². The van der Waals surface area contributed by atoms with E-state index in [-0.39, 0.29) is 36.5 Å². The van der Waals surface area contributed by atoms with Gasteiger partial charge in [0.05, 0.1) is 23.1 Å². The Labute approximate surface area is 244 Å². The Kier molecular flexibility index (Phi) is 13.7. The van der Waals surface area contributed by atoms with Gasteiger partial charge in [-0.05, 0) is 62.6 Å². The highest BCUT2D eigenvalue weighted by Crippen LogP contribution is 2.32. The molecule has 0 radical (unpaired) electrons. The third kappa shape index (κ3) is 13.0.